The average molecular weight is 298 g/mol. The minimum atomic E-state index is -3.66. The number of hydrogen-bond acceptors (Lipinski definition) is 3. The SMILES string of the molecule is Cc1ccc(S(=O)(=O)NCC(=O)NC(C)(C)C)cc1C. The Bertz CT molecular complexity index is 601. The van der Waals surface area contributed by atoms with Gasteiger partial charge in [0.15, 0.2) is 0 Å². The summed E-state index contributed by atoms with van der Waals surface area (Å²) in [6, 6.07) is 4.88. The average Bonchev–Trinajstić information content (AvgIpc) is 2.28. The Kier molecular flexibility index (Phi) is 4.94. The first-order valence-corrected chi connectivity index (χ1v) is 7.87. The highest BCUT2D eigenvalue weighted by Crippen LogP contribution is 2.14. The van der Waals surface area contributed by atoms with E-state index in [1.54, 1.807) is 12.1 Å². The summed E-state index contributed by atoms with van der Waals surface area (Å²) in [7, 11) is -3.66. The summed E-state index contributed by atoms with van der Waals surface area (Å²) in [5.41, 5.74) is 1.53. The van der Waals surface area contributed by atoms with Gasteiger partial charge in [-0.05, 0) is 57.9 Å². The minimum Gasteiger partial charge on any atom is -0.350 e. The van der Waals surface area contributed by atoms with Crippen molar-refractivity contribution in [3.8, 4) is 0 Å². The molecule has 1 rings (SSSR count). The molecule has 0 atom stereocenters. The zero-order valence-corrected chi connectivity index (χ0v) is 13.4. The number of sulfonamides is 1. The molecule has 0 aromatic heterocycles. The van der Waals surface area contributed by atoms with Gasteiger partial charge in [0.2, 0.25) is 15.9 Å². The highest BCUT2D eigenvalue weighted by molar-refractivity contribution is 7.89. The standard InChI is InChI=1S/C14H22N2O3S/c1-10-6-7-12(8-11(10)2)20(18,19)15-9-13(17)16-14(3,4)5/h6-8,15H,9H2,1-5H3,(H,16,17). The second kappa shape index (κ2) is 5.93. The number of benzene rings is 1. The maximum atomic E-state index is 12.1. The largest absolute Gasteiger partial charge is 0.350 e. The lowest BCUT2D eigenvalue weighted by Crippen LogP contribution is -2.45. The molecule has 0 bridgehead atoms. The van der Waals surface area contributed by atoms with E-state index in [-0.39, 0.29) is 22.9 Å². The second-order valence-electron chi connectivity index (χ2n) is 5.87. The molecule has 112 valence electrons. The molecule has 6 heteroatoms. The van der Waals surface area contributed by atoms with Crippen LogP contribution in [0.25, 0.3) is 0 Å². The predicted molar refractivity (Wildman–Crippen MR) is 79.0 cm³/mol. The third kappa shape index (κ3) is 4.94. The van der Waals surface area contributed by atoms with Gasteiger partial charge in [-0.1, -0.05) is 6.07 Å². The third-order valence-corrected chi connectivity index (χ3v) is 4.12. The molecule has 0 spiro atoms. The summed E-state index contributed by atoms with van der Waals surface area (Å²) >= 11 is 0. The van der Waals surface area contributed by atoms with Crippen molar-refractivity contribution in [2.45, 2.75) is 45.1 Å². The van der Waals surface area contributed by atoms with E-state index in [9.17, 15) is 13.2 Å². The van der Waals surface area contributed by atoms with Crippen molar-refractivity contribution in [2.75, 3.05) is 6.54 Å². The van der Waals surface area contributed by atoms with E-state index in [0.29, 0.717) is 0 Å². The van der Waals surface area contributed by atoms with Gasteiger partial charge in [0.05, 0.1) is 11.4 Å². The highest BCUT2D eigenvalue weighted by Gasteiger charge is 2.18. The van der Waals surface area contributed by atoms with E-state index in [1.807, 2.05) is 34.6 Å². The van der Waals surface area contributed by atoms with Crippen LogP contribution in [-0.4, -0.2) is 26.4 Å². The first-order chi connectivity index (χ1) is 9.01. The molecule has 0 aliphatic carbocycles. The van der Waals surface area contributed by atoms with Crippen molar-refractivity contribution >= 4 is 15.9 Å². The molecule has 5 nitrogen and oxygen atoms in total. The van der Waals surface area contributed by atoms with E-state index < -0.39 is 10.0 Å². The van der Waals surface area contributed by atoms with Gasteiger partial charge in [-0.2, -0.15) is 0 Å². The molecular formula is C14H22N2O3S. The van der Waals surface area contributed by atoms with Crippen LogP contribution in [0.15, 0.2) is 23.1 Å². The first kappa shape index (κ1) is 16.7. The van der Waals surface area contributed by atoms with Crippen molar-refractivity contribution in [1.29, 1.82) is 0 Å². The topological polar surface area (TPSA) is 75.3 Å². The highest BCUT2D eigenvalue weighted by atomic mass is 32.2. The maximum Gasteiger partial charge on any atom is 0.241 e. The number of carbonyl (C=O) groups is 1. The number of hydrogen-bond donors (Lipinski definition) is 2. The van der Waals surface area contributed by atoms with E-state index in [1.165, 1.54) is 6.07 Å². The molecule has 1 aromatic carbocycles. The second-order valence-corrected chi connectivity index (χ2v) is 7.64. The van der Waals surface area contributed by atoms with Crippen molar-refractivity contribution in [1.82, 2.24) is 10.0 Å². The first-order valence-electron chi connectivity index (χ1n) is 6.39. The summed E-state index contributed by atoms with van der Waals surface area (Å²) in [4.78, 5) is 11.8. The van der Waals surface area contributed by atoms with Crippen LogP contribution >= 0.6 is 0 Å². The van der Waals surface area contributed by atoms with Crippen LogP contribution in [0.5, 0.6) is 0 Å². The van der Waals surface area contributed by atoms with Gasteiger partial charge in [-0.15, -0.1) is 0 Å². The van der Waals surface area contributed by atoms with Gasteiger partial charge in [0, 0.05) is 5.54 Å². The Hall–Kier alpha value is -1.40. The lowest BCUT2D eigenvalue weighted by atomic mass is 10.1. The van der Waals surface area contributed by atoms with Crippen LogP contribution in [0.1, 0.15) is 31.9 Å². The number of nitrogens with one attached hydrogen (secondary N) is 2. The fourth-order valence-corrected chi connectivity index (χ4v) is 2.65. The number of rotatable bonds is 4. The summed E-state index contributed by atoms with van der Waals surface area (Å²) in [6.07, 6.45) is 0. The van der Waals surface area contributed by atoms with Gasteiger partial charge >= 0.3 is 0 Å². The Balaban J connectivity index is 2.76. The van der Waals surface area contributed by atoms with Crippen LogP contribution in [0, 0.1) is 13.8 Å². The molecule has 20 heavy (non-hydrogen) atoms. The molecule has 2 N–H and O–H groups in total. The molecular weight excluding hydrogens is 276 g/mol. The van der Waals surface area contributed by atoms with Crippen LogP contribution in [-0.2, 0) is 14.8 Å². The molecule has 0 heterocycles. The summed E-state index contributed by atoms with van der Waals surface area (Å²) in [5.74, 6) is -0.357. The van der Waals surface area contributed by atoms with Crippen LogP contribution in [0.2, 0.25) is 0 Å². The Morgan fingerprint density at radius 1 is 1.15 bits per heavy atom. The number of amides is 1. The van der Waals surface area contributed by atoms with Gasteiger partial charge in [-0.3, -0.25) is 4.79 Å². The van der Waals surface area contributed by atoms with Gasteiger partial charge in [0.25, 0.3) is 0 Å². The molecule has 0 saturated heterocycles. The van der Waals surface area contributed by atoms with E-state index in [4.69, 9.17) is 0 Å². The van der Waals surface area contributed by atoms with Crippen LogP contribution in [0.4, 0.5) is 0 Å². The van der Waals surface area contributed by atoms with Crippen LogP contribution < -0.4 is 10.0 Å². The zero-order chi connectivity index (χ0) is 15.6. The molecule has 1 amide bonds. The van der Waals surface area contributed by atoms with E-state index in [2.05, 4.69) is 10.0 Å². The molecule has 0 saturated carbocycles. The minimum absolute atomic E-state index is 0.171. The van der Waals surface area contributed by atoms with Crippen molar-refractivity contribution in [3.05, 3.63) is 29.3 Å². The fraction of sp³-hybridized carbons (Fsp3) is 0.500. The van der Waals surface area contributed by atoms with Gasteiger partial charge < -0.3 is 5.32 Å². The summed E-state index contributed by atoms with van der Waals surface area (Å²) < 4.78 is 26.5. The third-order valence-electron chi connectivity index (χ3n) is 2.73. The van der Waals surface area contributed by atoms with Gasteiger partial charge in [0.1, 0.15) is 0 Å². The van der Waals surface area contributed by atoms with E-state index >= 15 is 0 Å². The molecule has 0 aliphatic rings. The maximum absolute atomic E-state index is 12.1. The van der Waals surface area contributed by atoms with Crippen molar-refractivity contribution < 1.29 is 13.2 Å². The lowest BCUT2D eigenvalue weighted by Gasteiger charge is -2.20. The summed E-state index contributed by atoms with van der Waals surface area (Å²) in [6.45, 7) is 9.00. The van der Waals surface area contributed by atoms with Crippen LogP contribution in [0.3, 0.4) is 0 Å². The number of aryl methyl sites for hydroxylation is 2. The Morgan fingerprint density at radius 3 is 2.25 bits per heavy atom. The smallest absolute Gasteiger partial charge is 0.241 e. The Morgan fingerprint density at radius 2 is 1.75 bits per heavy atom. The fourth-order valence-electron chi connectivity index (χ4n) is 1.59. The lowest BCUT2D eigenvalue weighted by molar-refractivity contribution is -0.121. The Labute approximate surface area is 120 Å². The summed E-state index contributed by atoms with van der Waals surface area (Å²) in [5, 5.41) is 2.70. The quantitative estimate of drug-likeness (QED) is 0.884. The molecule has 0 radical (unpaired) electrons. The molecule has 0 fully saturated rings. The molecule has 0 aliphatic heterocycles. The van der Waals surface area contributed by atoms with Crippen molar-refractivity contribution in [2.24, 2.45) is 0 Å². The number of carbonyl (C=O) groups excluding carboxylic acids is 1. The van der Waals surface area contributed by atoms with Crippen molar-refractivity contribution in [3.63, 3.8) is 0 Å². The van der Waals surface area contributed by atoms with Gasteiger partial charge in [-0.25, -0.2) is 13.1 Å². The monoisotopic (exact) mass is 298 g/mol. The predicted octanol–water partition coefficient (Wildman–Crippen LogP) is 1.50. The molecule has 1 aromatic rings. The molecule has 0 unspecified atom stereocenters. The van der Waals surface area contributed by atoms with E-state index in [0.717, 1.165) is 11.1 Å². The zero-order valence-electron chi connectivity index (χ0n) is 12.6. The normalized spacial score (nSPS) is 12.2.